The van der Waals surface area contributed by atoms with E-state index in [4.69, 9.17) is 36.0 Å². The number of hydrogen-bond donors (Lipinski definition) is 1. The lowest BCUT2D eigenvalue weighted by atomic mass is 9.83. The van der Waals surface area contributed by atoms with Crippen molar-refractivity contribution >= 4 is 28.5 Å². The van der Waals surface area contributed by atoms with Gasteiger partial charge >= 0.3 is 5.97 Å². The van der Waals surface area contributed by atoms with E-state index in [1.54, 1.807) is 43.3 Å². The average Bonchev–Trinajstić information content (AvgIpc) is 3.19. The van der Waals surface area contributed by atoms with Crippen molar-refractivity contribution in [2.75, 3.05) is 6.61 Å². The molecule has 180 valence electrons. The Bertz CT molecular complexity index is 1580. The molecule has 1 aliphatic heterocycles. The second-order valence-corrected chi connectivity index (χ2v) is 8.62. The third kappa shape index (κ3) is 4.02. The molecule has 0 radical (unpaired) electrons. The monoisotopic (exact) mass is 500 g/mol. The molecule has 0 saturated heterocycles. The number of furan rings is 1. The summed E-state index contributed by atoms with van der Waals surface area (Å²) in [5.74, 6) is 0.163. The Morgan fingerprint density at radius 1 is 1.14 bits per heavy atom. The predicted molar refractivity (Wildman–Crippen MR) is 134 cm³/mol. The summed E-state index contributed by atoms with van der Waals surface area (Å²) in [6, 6.07) is 19.7. The first-order valence-electron chi connectivity index (χ1n) is 11.2. The van der Waals surface area contributed by atoms with Gasteiger partial charge in [0.15, 0.2) is 0 Å². The molecule has 1 aromatic heterocycles. The van der Waals surface area contributed by atoms with Crippen LogP contribution in [0.2, 0.25) is 5.02 Å². The molecule has 1 unspecified atom stereocenters. The van der Waals surface area contributed by atoms with Gasteiger partial charge in [-0.15, -0.1) is 0 Å². The highest BCUT2D eigenvalue weighted by atomic mass is 35.5. The van der Waals surface area contributed by atoms with Gasteiger partial charge in [0.25, 0.3) is 0 Å². The minimum absolute atomic E-state index is 0.0187. The number of para-hydroxylation sites is 1. The Kier molecular flexibility index (Phi) is 6.05. The average molecular weight is 501 g/mol. The van der Waals surface area contributed by atoms with E-state index < -0.39 is 11.9 Å². The molecule has 0 spiro atoms. The van der Waals surface area contributed by atoms with Crippen molar-refractivity contribution in [2.45, 2.75) is 19.8 Å². The van der Waals surface area contributed by atoms with E-state index in [1.807, 2.05) is 31.2 Å². The number of hydrogen-bond acceptors (Lipinski definition) is 7. The van der Waals surface area contributed by atoms with E-state index in [0.717, 1.165) is 10.9 Å². The highest BCUT2D eigenvalue weighted by molar-refractivity contribution is 6.31. The Morgan fingerprint density at radius 3 is 2.72 bits per heavy atom. The second-order valence-electron chi connectivity index (χ2n) is 8.18. The highest BCUT2D eigenvalue weighted by Crippen LogP contribution is 2.46. The molecule has 0 amide bonds. The van der Waals surface area contributed by atoms with Crippen molar-refractivity contribution in [3.8, 4) is 23.3 Å². The number of rotatable bonds is 5. The van der Waals surface area contributed by atoms with E-state index >= 15 is 0 Å². The number of benzene rings is 3. The van der Waals surface area contributed by atoms with Crippen LogP contribution in [0.1, 0.15) is 40.1 Å². The van der Waals surface area contributed by atoms with Crippen molar-refractivity contribution in [3.63, 3.8) is 0 Å². The van der Waals surface area contributed by atoms with Crippen molar-refractivity contribution in [2.24, 2.45) is 5.73 Å². The van der Waals surface area contributed by atoms with E-state index in [0.29, 0.717) is 39.8 Å². The van der Waals surface area contributed by atoms with Crippen LogP contribution in [-0.2, 0) is 0 Å². The lowest BCUT2D eigenvalue weighted by molar-refractivity contribution is 0.0702. The third-order valence-electron chi connectivity index (χ3n) is 6.01. The summed E-state index contributed by atoms with van der Waals surface area (Å²) in [4.78, 5) is 12.9. The Morgan fingerprint density at radius 2 is 1.94 bits per heavy atom. The molecule has 1 atom stereocenters. The van der Waals surface area contributed by atoms with Gasteiger partial charge in [0.1, 0.15) is 34.5 Å². The van der Waals surface area contributed by atoms with Gasteiger partial charge in [0.05, 0.1) is 12.5 Å². The molecule has 2 heterocycles. The molecule has 0 fully saturated rings. The van der Waals surface area contributed by atoms with Gasteiger partial charge in [-0.25, -0.2) is 4.79 Å². The van der Waals surface area contributed by atoms with Crippen LogP contribution in [0.15, 0.2) is 76.5 Å². The number of fused-ring (bicyclic) bond motifs is 2. The minimum atomic E-state index is -0.657. The first kappa shape index (κ1) is 23.3. The van der Waals surface area contributed by atoms with Crippen LogP contribution in [0.25, 0.3) is 11.0 Å². The molecule has 3 aromatic carbocycles. The summed E-state index contributed by atoms with van der Waals surface area (Å²) in [5.41, 5.74) is 9.05. The van der Waals surface area contributed by atoms with Gasteiger partial charge in [-0.1, -0.05) is 35.9 Å². The molecule has 1 aliphatic rings. The normalized spacial score (nSPS) is 14.7. The SMILES string of the molecule is CCOc1ccccc1C1C(C#N)=C(N)Oc2cc(OC(=O)c3oc4ccc(Cl)cc4c3C)ccc21. The zero-order chi connectivity index (χ0) is 25.4. The molecule has 7 nitrogen and oxygen atoms in total. The fourth-order valence-electron chi connectivity index (χ4n) is 4.37. The molecular weight excluding hydrogens is 480 g/mol. The highest BCUT2D eigenvalue weighted by Gasteiger charge is 2.33. The van der Waals surface area contributed by atoms with Gasteiger partial charge in [0.2, 0.25) is 11.6 Å². The van der Waals surface area contributed by atoms with Crippen LogP contribution in [0.5, 0.6) is 17.2 Å². The van der Waals surface area contributed by atoms with Crippen molar-refractivity contribution in [1.82, 2.24) is 0 Å². The lowest BCUT2D eigenvalue weighted by Crippen LogP contribution is -2.21. The summed E-state index contributed by atoms with van der Waals surface area (Å²) < 4.78 is 22.9. The quantitative estimate of drug-likeness (QED) is 0.255. The molecule has 36 heavy (non-hydrogen) atoms. The van der Waals surface area contributed by atoms with E-state index in [2.05, 4.69) is 6.07 Å². The predicted octanol–water partition coefficient (Wildman–Crippen LogP) is 6.23. The largest absolute Gasteiger partial charge is 0.494 e. The standard InChI is InChI=1S/C28H21ClN2O5/c1-3-33-22-7-5-4-6-18(22)25-19-10-9-17(13-24(19)36-27(31)21(25)14-30)34-28(32)26-15(2)20-12-16(29)8-11-23(20)35-26/h4-13,25H,3,31H2,1-2H3. The number of ether oxygens (including phenoxy) is 3. The van der Waals surface area contributed by atoms with E-state index in [1.165, 1.54) is 0 Å². The fourth-order valence-corrected chi connectivity index (χ4v) is 4.54. The zero-order valence-electron chi connectivity index (χ0n) is 19.5. The van der Waals surface area contributed by atoms with Gasteiger partial charge < -0.3 is 24.4 Å². The van der Waals surface area contributed by atoms with Crippen LogP contribution < -0.4 is 19.9 Å². The summed E-state index contributed by atoms with van der Waals surface area (Å²) in [6.45, 7) is 4.13. The molecule has 8 heteroatoms. The van der Waals surface area contributed by atoms with Crippen LogP contribution in [0.3, 0.4) is 0 Å². The molecule has 0 bridgehead atoms. The molecule has 5 rings (SSSR count). The van der Waals surface area contributed by atoms with Gasteiger partial charge in [-0.05, 0) is 44.2 Å². The first-order valence-corrected chi connectivity index (χ1v) is 11.6. The number of aryl methyl sites for hydroxylation is 1. The van der Waals surface area contributed by atoms with Gasteiger partial charge in [0, 0.05) is 33.2 Å². The Balaban J connectivity index is 1.51. The fraction of sp³-hybridized carbons (Fsp3) is 0.143. The summed E-state index contributed by atoms with van der Waals surface area (Å²) >= 11 is 6.08. The first-order chi connectivity index (χ1) is 17.4. The number of nitrogens with two attached hydrogens (primary N) is 1. The lowest BCUT2D eigenvalue weighted by Gasteiger charge is -2.27. The topological polar surface area (TPSA) is 108 Å². The van der Waals surface area contributed by atoms with Crippen LogP contribution in [0.4, 0.5) is 0 Å². The number of carbonyl (C=O) groups excluding carboxylic acids is 1. The minimum Gasteiger partial charge on any atom is -0.494 e. The van der Waals surface area contributed by atoms with Crippen LogP contribution in [-0.4, -0.2) is 12.6 Å². The molecule has 0 aliphatic carbocycles. The third-order valence-corrected chi connectivity index (χ3v) is 6.25. The molecule has 2 N–H and O–H groups in total. The maximum absolute atomic E-state index is 12.9. The number of nitrogens with zero attached hydrogens (tertiary/aromatic N) is 1. The van der Waals surface area contributed by atoms with E-state index in [-0.39, 0.29) is 23.0 Å². The van der Waals surface area contributed by atoms with Crippen molar-refractivity contribution in [1.29, 1.82) is 5.26 Å². The van der Waals surface area contributed by atoms with Crippen molar-refractivity contribution < 1.29 is 23.4 Å². The summed E-state index contributed by atoms with van der Waals surface area (Å²) in [5, 5.41) is 11.1. The number of allylic oxidation sites excluding steroid dienone is 1. The zero-order valence-corrected chi connectivity index (χ0v) is 20.3. The number of nitriles is 1. The smallest absolute Gasteiger partial charge is 0.379 e. The van der Waals surface area contributed by atoms with Crippen molar-refractivity contribution in [3.05, 3.63) is 99.6 Å². The van der Waals surface area contributed by atoms with Crippen LogP contribution >= 0.6 is 11.6 Å². The van der Waals surface area contributed by atoms with Gasteiger partial charge in [-0.2, -0.15) is 5.26 Å². The summed E-state index contributed by atoms with van der Waals surface area (Å²) in [6.07, 6.45) is 0. The summed E-state index contributed by atoms with van der Waals surface area (Å²) in [7, 11) is 0. The number of halogens is 1. The molecule has 4 aromatic rings. The maximum Gasteiger partial charge on any atom is 0.379 e. The number of carbonyl (C=O) groups is 1. The molecular formula is C28H21ClN2O5. The van der Waals surface area contributed by atoms with Crippen LogP contribution in [0, 0.1) is 18.3 Å². The Hall–Kier alpha value is -4.41. The number of esters is 1. The van der Waals surface area contributed by atoms with E-state index in [9.17, 15) is 10.1 Å². The van der Waals surface area contributed by atoms with Gasteiger partial charge in [-0.3, -0.25) is 0 Å². The molecule has 0 saturated carbocycles. The second kappa shape index (κ2) is 9.33. The Labute approximate surface area is 212 Å². The maximum atomic E-state index is 12.9.